The number of nitrogens with zero attached hydrogens (tertiary/aromatic N) is 3. The molecule has 2 aromatic rings. The number of nitrogens with two attached hydrogens (primary N) is 1. The van der Waals surface area contributed by atoms with Gasteiger partial charge in [-0.15, -0.1) is 5.92 Å². The molecule has 7 nitrogen and oxygen atoms in total. The number of halogens is 1. The lowest BCUT2D eigenvalue weighted by atomic mass is 9.96. The quantitative estimate of drug-likeness (QED) is 0.436. The third-order valence-electron chi connectivity index (χ3n) is 4.67. The van der Waals surface area contributed by atoms with E-state index in [2.05, 4.69) is 16.8 Å². The Hall–Kier alpha value is -3.37. The van der Waals surface area contributed by atoms with Gasteiger partial charge < -0.3 is 10.6 Å². The molecule has 0 unspecified atom stereocenters. The summed E-state index contributed by atoms with van der Waals surface area (Å²) in [7, 11) is 3.10. The van der Waals surface area contributed by atoms with E-state index in [1.165, 1.54) is 11.9 Å². The van der Waals surface area contributed by atoms with Gasteiger partial charge in [0.15, 0.2) is 5.96 Å². The van der Waals surface area contributed by atoms with Crippen molar-refractivity contribution in [1.29, 1.82) is 5.41 Å². The van der Waals surface area contributed by atoms with Crippen molar-refractivity contribution in [3.05, 3.63) is 58.4 Å². The highest BCUT2D eigenvalue weighted by Gasteiger charge is 2.21. The largest absolute Gasteiger partial charge is 0.370 e. The van der Waals surface area contributed by atoms with Crippen LogP contribution in [0.3, 0.4) is 0 Å². The van der Waals surface area contributed by atoms with Gasteiger partial charge in [0.25, 0.3) is 5.91 Å². The summed E-state index contributed by atoms with van der Waals surface area (Å²) >= 11 is 6.34. The lowest BCUT2D eigenvalue weighted by Gasteiger charge is -2.22. The third kappa shape index (κ3) is 5.37. The van der Waals surface area contributed by atoms with Crippen LogP contribution in [0.4, 0.5) is 5.69 Å². The molecule has 0 aliphatic rings. The second-order valence-corrected chi connectivity index (χ2v) is 7.23. The zero-order valence-corrected chi connectivity index (χ0v) is 18.1. The summed E-state index contributed by atoms with van der Waals surface area (Å²) in [4.78, 5) is 31.8. The molecule has 0 aliphatic carbocycles. The number of carbonyl (C=O) groups is 2. The van der Waals surface area contributed by atoms with Crippen molar-refractivity contribution in [2.24, 2.45) is 5.73 Å². The molecule has 156 valence electrons. The first-order valence-electron chi connectivity index (χ1n) is 9.22. The number of benzene rings is 1. The monoisotopic (exact) mass is 425 g/mol. The second-order valence-electron chi connectivity index (χ2n) is 6.82. The van der Waals surface area contributed by atoms with Gasteiger partial charge in [0.05, 0.1) is 0 Å². The van der Waals surface area contributed by atoms with Gasteiger partial charge in [-0.2, -0.15) is 0 Å². The predicted octanol–water partition coefficient (Wildman–Crippen LogP) is 3.23. The molecule has 3 N–H and O–H groups in total. The zero-order valence-electron chi connectivity index (χ0n) is 17.4. The fourth-order valence-electron chi connectivity index (χ4n) is 2.79. The van der Waals surface area contributed by atoms with E-state index in [0.717, 1.165) is 16.0 Å². The van der Waals surface area contributed by atoms with Crippen LogP contribution in [0.15, 0.2) is 36.5 Å². The van der Waals surface area contributed by atoms with Gasteiger partial charge in [0.2, 0.25) is 5.91 Å². The van der Waals surface area contributed by atoms with Gasteiger partial charge >= 0.3 is 0 Å². The highest BCUT2D eigenvalue weighted by Crippen LogP contribution is 2.31. The van der Waals surface area contributed by atoms with Crippen LogP contribution >= 0.6 is 11.6 Å². The van der Waals surface area contributed by atoms with Gasteiger partial charge in [-0.1, -0.05) is 24.4 Å². The molecule has 0 spiro atoms. The van der Waals surface area contributed by atoms with E-state index >= 15 is 0 Å². The van der Waals surface area contributed by atoms with Crippen molar-refractivity contribution in [2.75, 3.05) is 19.0 Å². The van der Waals surface area contributed by atoms with Crippen molar-refractivity contribution < 1.29 is 9.59 Å². The molecule has 30 heavy (non-hydrogen) atoms. The smallest absolute Gasteiger partial charge is 0.276 e. The van der Waals surface area contributed by atoms with E-state index in [9.17, 15) is 9.59 Å². The van der Waals surface area contributed by atoms with Gasteiger partial charge in [0, 0.05) is 43.0 Å². The van der Waals surface area contributed by atoms with Crippen LogP contribution in [0.5, 0.6) is 0 Å². The average molecular weight is 426 g/mol. The minimum Gasteiger partial charge on any atom is -0.370 e. The van der Waals surface area contributed by atoms with Crippen LogP contribution in [-0.2, 0) is 4.79 Å². The van der Waals surface area contributed by atoms with Crippen LogP contribution in [0.25, 0.3) is 0 Å². The molecule has 0 bridgehead atoms. The van der Waals surface area contributed by atoms with Crippen molar-refractivity contribution in [2.45, 2.75) is 26.2 Å². The van der Waals surface area contributed by atoms with Crippen molar-refractivity contribution in [3.63, 3.8) is 0 Å². The maximum absolute atomic E-state index is 12.8. The summed E-state index contributed by atoms with van der Waals surface area (Å²) in [5, 5.41) is 7.87. The first kappa shape index (κ1) is 22.9. The van der Waals surface area contributed by atoms with Crippen molar-refractivity contribution in [1.82, 2.24) is 9.88 Å². The number of guanidine groups is 1. The Morgan fingerprint density at radius 3 is 2.53 bits per heavy atom. The fourth-order valence-corrected chi connectivity index (χ4v) is 3.09. The minimum atomic E-state index is -0.319. The summed E-state index contributed by atoms with van der Waals surface area (Å²) in [6.45, 7) is 3.59. The molecule has 8 heteroatoms. The molecule has 2 rings (SSSR count). The number of anilines is 1. The fraction of sp³-hybridized carbons (Fsp3) is 0.273. The number of carbonyl (C=O) groups excluding carboxylic acids is 2. The van der Waals surface area contributed by atoms with Crippen molar-refractivity contribution >= 4 is 35.1 Å². The second kappa shape index (κ2) is 9.90. The van der Waals surface area contributed by atoms with E-state index < -0.39 is 0 Å². The third-order valence-corrected chi connectivity index (χ3v) is 5.01. The Kier molecular flexibility index (Phi) is 7.56. The summed E-state index contributed by atoms with van der Waals surface area (Å²) in [6, 6.07) is 8.59. The summed E-state index contributed by atoms with van der Waals surface area (Å²) in [5.74, 6) is 4.55. The van der Waals surface area contributed by atoms with Crippen LogP contribution in [0.1, 0.15) is 47.8 Å². The Labute approximate surface area is 181 Å². The summed E-state index contributed by atoms with van der Waals surface area (Å²) in [6.07, 6.45) is 1.68. The number of aromatic nitrogens is 1. The van der Waals surface area contributed by atoms with Crippen LogP contribution in [0.2, 0.25) is 5.02 Å². The number of hydrogen-bond acceptors (Lipinski definition) is 4. The summed E-state index contributed by atoms with van der Waals surface area (Å²) < 4.78 is 0. The van der Waals surface area contributed by atoms with Crippen LogP contribution in [-0.4, -0.2) is 41.8 Å². The summed E-state index contributed by atoms with van der Waals surface area (Å²) in [5.41, 5.74) is 7.74. The molecular formula is C22H24ClN5O2. The van der Waals surface area contributed by atoms with Crippen LogP contribution < -0.4 is 10.6 Å². The molecule has 0 aliphatic heterocycles. The van der Waals surface area contributed by atoms with E-state index in [-0.39, 0.29) is 30.1 Å². The number of hydrogen-bond donors (Lipinski definition) is 2. The molecule has 1 atom stereocenters. The zero-order chi connectivity index (χ0) is 22.4. The molecule has 1 heterocycles. The Balaban J connectivity index is 2.23. The van der Waals surface area contributed by atoms with E-state index in [0.29, 0.717) is 16.4 Å². The van der Waals surface area contributed by atoms with E-state index in [4.69, 9.17) is 22.7 Å². The number of rotatable bonds is 5. The molecular weight excluding hydrogens is 402 g/mol. The maximum atomic E-state index is 12.8. The molecule has 0 saturated carbocycles. The van der Waals surface area contributed by atoms with E-state index in [1.54, 1.807) is 50.5 Å². The topological polar surface area (TPSA) is 103 Å². The SMILES string of the molecule is CC#Cc1ccc(C(=O)N(C)c2ccc(Cl)c([C@H](C)CC(=O)N(C)C(=N)N)c2)nc1. The predicted molar refractivity (Wildman–Crippen MR) is 119 cm³/mol. The number of amides is 2. The van der Waals surface area contributed by atoms with E-state index in [1.807, 2.05) is 6.92 Å². The van der Waals surface area contributed by atoms with Crippen molar-refractivity contribution in [3.8, 4) is 11.8 Å². The standard InChI is InChI=1S/C22H24ClN5O2/c1-5-6-15-7-10-19(26-13-15)21(30)27(3)16-8-9-18(23)17(12-16)14(2)11-20(29)28(4)22(24)25/h7-10,12-14H,11H2,1-4H3,(H3,24,25)/t14-/m1/s1. The highest BCUT2D eigenvalue weighted by molar-refractivity contribution is 6.31. The molecule has 0 fully saturated rings. The number of nitrogens with one attached hydrogen (secondary N) is 1. The molecule has 1 aromatic carbocycles. The van der Waals surface area contributed by atoms with Gasteiger partial charge in [-0.05, 0) is 48.7 Å². The minimum absolute atomic E-state index is 0.123. The lowest BCUT2D eigenvalue weighted by molar-refractivity contribution is -0.126. The molecule has 2 amide bonds. The molecule has 0 radical (unpaired) electrons. The Bertz CT molecular complexity index is 1020. The Morgan fingerprint density at radius 2 is 1.97 bits per heavy atom. The molecule has 1 aromatic heterocycles. The lowest BCUT2D eigenvalue weighted by Crippen LogP contribution is -2.38. The van der Waals surface area contributed by atoms with Gasteiger partial charge in [-0.25, -0.2) is 4.98 Å². The maximum Gasteiger partial charge on any atom is 0.276 e. The molecule has 0 saturated heterocycles. The van der Waals surface area contributed by atoms with Gasteiger partial charge in [-0.3, -0.25) is 19.9 Å². The first-order valence-corrected chi connectivity index (χ1v) is 9.60. The van der Waals surface area contributed by atoms with Crippen LogP contribution in [0, 0.1) is 17.3 Å². The highest BCUT2D eigenvalue weighted by atomic mass is 35.5. The average Bonchev–Trinajstić information content (AvgIpc) is 2.73. The van der Waals surface area contributed by atoms with Gasteiger partial charge in [0.1, 0.15) is 5.69 Å². The normalized spacial score (nSPS) is 11.1. The first-order chi connectivity index (χ1) is 14.1. The number of pyridine rings is 1. The Morgan fingerprint density at radius 1 is 1.27 bits per heavy atom.